The largest absolute Gasteiger partial charge is 0.337 e. The van der Waals surface area contributed by atoms with E-state index in [9.17, 15) is 0 Å². The number of likely N-dealkylation sites (tertiary alicyclic amines) is 1. The topological polar surface area (TPSA) is 106 Å². The van der Waals surface area contributed by atoms with E-state index in [1.54, 1.807) is 6.20 Å². The van der Waals surface area contributed by atoms with E-state index in [2.05, 4.69) is 102 Å². The van der Waals surface area contributed by atoms with Crippen LogP contribution >= 0.6 is 0 Å². The van der Waals surface area contributed by atoms with Crippen LogP contribution in [-0.4, -0.2) is 115 Å². The van der Waals surface area contributed by atoms with Gasteiger partial charge in [0.15, 0.2) is 11.5 Å². The van der Waals surface area contributed by atoms with Crippen LogP contribution in [0, 0.1) is 0 Å². The van der Waals surface area contributed by atoms with Crippen molar-refractivity contribution in [3.8, 4) is 33.9 Å². The molecule has 9 rings (SSSR count). The van der Waals surface area contributed by atoms with Crippen molar-refractivity contribution in [2.75, 3.05) is 64.3 Å². The van der Waals surface area contributed by atoms with E-state index >= 15 is 0 Å². The molecule has 0 amide bonds. The van der Waals surface area contributed by atoms with Gasteiger partial charge in [0.05, 0.1) is 5.69 Å². The number of aromatic nitrogens is 7. The Balaban J connectivity index is 0.895. The number of likely N-dealkylation sites (N-methyl/N-ethyl adjacent to an activating group) is 1. The molecular weight excluding hydrogens is 635 g/mol. The van der Waals surface area contributed by atoms with Crippen LogP contribution in [0.5, 0.6) is 0 Å². The van der Waals surface area contributed by atoms with Crippen molar-refractivity contribution >= 4 is 17.0 Å². The summed E-state index contributed by atoms with van der Waals surface area (Å²) in [6, 6.07) is 28.0. The van der Waals surface area contributed by atoms with Crippen LogP contribution in [0.2, 0.25) is 0 Å². The predicted octanol–water partition coefficient (Wildman–Crippen LogP) is 5.35. The van der Waals surface area contributed by atoms with Crippen LogP contribution in [0.3, 0.4) is 0 Å². The van der Waals surface area contributed by atoms with E-state index in [4.69, 9.17) is 19.9 Å². The van der Waals surface area contributed by atoms with Gasteiger partial charge in [0.25, 0.3) is 0 Å². The van der Waals surface area contributed by atoms with Gasteiger partial charge in [-0.05, 0) is 62.3 Å². The molecule has 0 saturated carbocycles. The number of rotatable bonds is 8. The lowest BCUT2D eigenvalue weighted by Gasteiger charge is -2.47. The fraction of sp³-hybridized carbons (Fsp3) is 0.350. The number of piperazine rings is 1. The standard InChI is InChI=1S/C40H43N11/c1-48-19-21-50(22-20-48)33-26-51(27-33)40-42-24-32-23-34(29-7-3-2-4-8-29)36(43-37(32)45-40)30-12-10-28(11-13-30)25-49-17-14-31(15-18-49)38-44-39(47-46-38)35-9-5-6-16-41-35/h2-13,16,23-24,31,33H,14-15,17-22,25-27H2,1H3,(H,44,46,47). The highest BCUT2D eigenvalue weighted by atomic mass is 15.4. The molecule has 3 aliphatic rings. The van der Waals surface area contributed by atoms with Gasteiger partial charge >= 0.3 is 0 Å². The molecule has 11 nitrogen and oxygen atoms in total. The van der Waals surface area contributed by atoms with Crippen molar-refractivity contribution in [2.45, 2.75) is 31.3 Å². The van der Waals surface area contributed by atoms with Crippen LogP contribution < -0.4 is 4.90 Å². The number of H-pyrrole nitrogens is 1. The van der Waals surface area contributed by atoms with Gasteiger partial charge in [-0.25, -0.2) is 15.0 Å². The molecule has 0 atom stereocenters. The Hall–Kier alpha value is -5.10. The maximum atomic E-state index is 5.22. The van der Waals surface area contributed by atoms with E-state index in [1.165, 1.54) is 5.56 Å². The lowest BCUT2D eigenvalue weighted by atomic mass is 9.95. The maximum absolute atomic E-state index is 5.22. The third kappa shape index (κ3) is 6.72. The molecule has 0 spiro atoms. The number of nitrogens with one attached hydrogen (secondary N) is 1. The molecule has 2 aromatic carbocycles. The smallest absolute Gasteiger partial charge is 0.227 e. The molecule has 7 heterocycles. The lowest BCUT2D eigenvalue weighted by molar-refractivity contribution is 0.0958. The Bertz CT molecular complexity index is 2080. The number of hydrogen-bond donors (Lipinski definition) is 1. The number of aromatic amines is 1. The van der Waals surface area contributed by atoms with Gasteiger partial charge in [0.2, 0.25) is 5.95 Å². The minimum absolute atomic E-state index is 0.382. The first-order valence-electron chi connectivity index (χ1n) is 18.2. The summed E-state index contributed by atoms with van der Waals surface area (Å²) in [5, 5.41) is 8.57. The van der Waals surface area contributed by atoms with E-state index in [-0.39, 0.29) is 0 Å². The van der Waals surface area contributed by atoms with Gasteiger partial charge in [-0.3, -0.25) is 19.9 Å². The monoisotopic (exact) mass is 677 g/mol. The number of fused-ring (bicyclic) bond motifs is 1. The van der Waals surface area contributed by atoms with Gasteiger partial charge in [0.1, 0.15) is 11.5 Å². The number of piperidine rings is 1. The van der Waals surface area contributed by atoms with Crippen LogP contribution in [0.25, 0.3) is 44.9 Å². The Kier molecular flexibility index (Phi) is 8.68. The molecule has 6 aromatic rings. The van der Waals surface area contributed by atoms with Crippen molar-refractivity contribution in [2.24, 2.45) is 0 Å². The number of anilines is 1. The summed E-state index contributed by atoms with van der Waals surface area (Å²) in [7, 11) is 2.21. The second-order valence-corrected chi connectivity index (χ2v) is 14.2. The van der Waals surface area contributed by atoms with Gasteiger partial charge in [-0.1, -0.05) is 60.7 Å². The van der Waals surface area contributed by atoms with Crippen molar-refractivity contribution < 1.29 is 0 Å². The number of hydrogen-bond acceptors (Lipinski definition) is 10. The molecule has 3 aliphatic heterocycles. The minimum Gasteiger partial charge on any atom is -0.337 e. The normalized spacial score (nSPS) is 18.3. The van der Waals surface area contributed by atoms with E-state index in [0.717, 1.165) is 123 Å². The Morgan fingerprint density at radius 2 is 1.55 bits per heavy atom. The molecule has 0 aliphatic carbocycles. The first-order valence-corrected chi connectivity index (χ1v) is 18.2. The second kappa shape index (κ2) is 13.9. The molecular formula is C40H43N11. The van der Waals surface area contributed by atoms with E-state index in [1.807, 2.05) is 24.4 Å². The summed E-state index contributed by atoms with van der Waals surface area (Å²) < 4.78 is 0. The highest BCUT2D eigenvalue weighted by Crippen LogP contribution is 2.34. The number of nitrogens with zero attached hydrogens (tertiary/aromatic N) is 10. The van der Waals surface area contributed by atoms with Crippen LogP contribution in [-0.2, 0) is 6.54 Å². The molecule has 11 heteroatoms. The first kappa shape index (κ1) is 31.9. The van der Waals surface area contributed by atoms with Crippen molar-refractivity contribution in [1.29, 1.82) is 0 Å². The highest BCUT2D eigenvalue weighted by molar-refractivity contribution is 5.90. The molecule has 51 heavy (non-hydrogen) atoms. The van der Waals surface area contributed by atoms with Crippen molar-refractivity contribution in [3.05, 3.63) is 103 Å². The number of pyridine rings is 2. The fourth-order valence-electron chi connectivity index (χ4n) is 7.66. The summed E-state index contributed by atoms with van der Waals surface area (Å²) in [5.74, 6) is 2.79. The molecule has 4 aromatic heterocycles. The molecule has 0 unspecified atom stereocenters. The third-order valence-corrected chi connectivity index (χ3v) is 10.8. The molecule has 3 fully saturated rings. The average Bonchev–Trinajstić information content (AvgIpc) is 3.67. The van der Waals surface area contributed by atoms with Crippen LogP contribution in [0.4, 0.5) is 5.95 Å². The highest BCUT2D eigenvalue weighted by Gasteiger charge is 2.34. The van der Waals surface area contributed by atoms with Crippen molar-refractivity contribution in [1.82, 2.24) is 49.8 Å². The zero-order valence-electron chi connectivity index (χ0n) is 29.1. The van der Waals surface area contributed by atoms with Crippen molar-refractivity contribution in [3.63, 3.8) is 0 Å². The second-order valence-electron chi connectivity index (χ2n) is 14.2. The lowest BCUT2D eigenvalue weighted by Crippen LogP contribution is -2.63. The molecule has 1 N–H and O–H groups in total. The van der Waals surface area contributed by atoms with Crippen LogP contribution in [0.1, 0.15) is 30.1 Å². The van der Waals surface area contributed by atoms with Gasteiger partial charge in [0, 0.05) is 86.7 Å². The van der Waals surface area contributed by atoms with Gasteiger partial charge in [-0.15, -0.1) is 0 Å². The van der Waals surface area contributed by atoms with Crippen LogP contribution in [0.15, 0.2) is 91.3 Å². The van der Waals surface area contributed by atoms with Gasteiger partial charge in [-0.2, -0.15) is 10.1 Å². The summed E-state index contributed by atoms with van der Waals surface area (Å²) in [5.41, 5.74) is 7.10. The molecule has 0 radical (unpaired) electrons. The summed E-state index contributed by atoms with van der Waals surface area (Å²) in [4.78, 5) is 34.0. The predicted molar refractivity (Wildman–Crippen MR) is 200 cm³/mol. The summed E-state index contributed by atoms with van der Waals surface area (Å²) >= 11 is 0. The third-order valence-electron chi connectivity index (χ3n) is 10.8. The maximum Gasteiger partial charge on any atom is 0.227 e. The van der Waals surface area contributed by atoms with Gasteiger partial charge < -0.3 is 9.80 Å². The molecule has 258 valence electrons. The zero-order chi connectivity index (χ0) is 34.1. The van der Waals surface area contributed by atoms with E-state index in [0.29, 0.717) is 17.8 Å². The Labute approximate surface area is 298 Å². The Morgan fingerprint density at radius 3 is 2.31 bits per heavy atom. The zero-order valence-corrected chi connectivity index (χ0v) is 29.1. The summed E-state index contributed by atoms with van der Waals surface area (Å²) in [6.45, 7) is 9.44. The fourth-order valence-corrected chi connectivity index (χ4v) is 7.66. The quantitative estimate of drug-likeness (QED) is 0.227. The molecule has 0 bridgehead atoms. The average molecular weight is 678 g/mol. The summed E-state index contributed by atoms with van der Waals surface area (Å²) in [6.07, 6.45) is 5.82. The number of benzene rings is 2. The SMILES string of the molecule is CN1CCN(C2CN(c3ncc4cc(-c5ccccc5)c(-c5ccc(CN6CCC(c7nc(-c8ccccn8)n[nH]7)CC6)cc5)nc4n3)C2)CC1. The van der Waals surface area contributed by atoms with E-state index < -0.39 is 0 Å². The Morgan fingerprint density at radius 1 is 0.765 bits per heavy atom. The molecule has 3 saturated heterocycles. The first-order chi connectivity index (χ1) is 25.1. The minimum atomic E-state index is 0.382.